The van der Waals surface area contributed by atoms with Gasteiger partial charge < -0.3 is 20.1 Å². The molecule has 154 valence electrons. The van der Waals surface area contributed by atoms with Crippen molar-refractivity contribution in [3.05, 3.63) is 68.7 Å². The van der Waals surface area contributed by atoms with Gasteiger partial charge in [-0.2, -0.15) is 0 Å². The summed E-state index contributed by atoms with van der Waals surface area (Å²) >= 11 is 0. The molecule has 1 amide bonds. The number of hydrogen-bond donors (Lipinski definition) is 3. The van der Waals surface area contributed by atoms with Crippen LogP contribution in [0, 0.1) is 11.6 Å². The molecule has 8 nitrogen and oxygen atoms in total. The molecule has 4 rings (SSSR count). The molecular formula is C20H16F2N4O4. The van der Waals surface area contributed by atoms with Gasteiger partial charge in [0.1, 0.15) is 17.4 Å². The van der Waals surface area contributed by atoms with Gasteiger partial charge in [0.15, 0.2) is 5.43 Å². The second-order valence-electron chi connectivity index (χ2n) is 6.81. The average molecular weight is 414 g/mol. The van der Waals surface area contributed by atoms with E-state index in [4.69, 9.17) is 0 Å². The predicted molar refractivity (Wildman–Crippen MR) is 107 cm³/mol. The number of nitrogens with zero attached hydrogens (tertiary/aromatic N) is 2. The second-order valence-corrected chi connectivity index (χ2v) is 6.81. The molecule has 2 aromatic carbocycles. The quantitative estimate of drug-likeness (QED) is 0.476. The smallest absolute Gasteiger partial charge is 0.262 e. The molecule has 0 bridgehead atoms. The first-order valence-electron chi connectivity index (χ1n) is 8.95. The van der Waals surface area contributed by atoms with E-state index in [2.05, 4.69) is 10.4 Å². The molecule has 0 radical (unpaired) electrons. The van der Waals surface area contributed by atoms with Gasteiger partial charge >= 0.3 is 0 Å². The zero-order valence-electron chi connectivity index (χ0n) is 15.7. The Bertz CT molecular complexity index is 1440. The second kappa shape index (κ2) is 7.14. The van der Waals surface area contributed by atoms with Crippen molar-refractivity contribution in [1.29, 1.82) is 0 Å². The lowest BCUT2D eigenvalue weighted by atomic mass is 10.1. The first kappa shape index (κ1) is 19.4. The highest BCUT2D eigenvalue weighted by Gasteiger charge is 2.18. The van der Waals surface area contributed by atoms with E-state index in [1.165, 1.54) is 21.5 Å². The van der Waals surface area contributed by atoms with Crippen LogP contribution in [-0.2, 0) is 18.4 Å². The third kappa shape index (κ3) is 3.21. The van der Waals surface area contributed by atoms with E-state index in [1.807, 2.05) is 0 Å². The van der Waals surface area contributed by atoms with E-state index in [0.717, 1.165) is 18.2 Å². The number of nitrogens with one attached hydrogen (secondary N) is 2. The molecule has 4 aromatic rings. The molecule has 30 heavy (non-hydrogen) atoms. The number of phenols is 1. The molecule has 2 aromatic heterocycles. The number of aromatic nitrogens is 3. The zero-order valence-corrected chi connectivity index (χ0v) is 15.7. The Kier molecular flexibility index (Phi) is 4.61. The Morgan fingerprint density at radius 2 is 1.97 bits per heavy atom. The summed E-state index contributed by atoms with van der Waals surface area (Å²) in [6.45, 7) is -0.127. The predicted octanol–water partition coefficient (Wildman–Crippen LogP) is 2.19. The molecule has 2 heterocycles. The van der Waals surface area contributed by atoms with Gasteiger partial charge in [-0.15, -0.1) is 0 Å². The highest BCUT2D eigenvalue weighted by Crippen LogP contribution is 2.28. The standard InChI is InChI=1S/C20H16F2N4O4/c1-25-19-12(9-23-25)20(30)26(15-7-11(27)8-16(28)18(15)19)5-4-17(29)24-14-3-2-10(21)6-13(14)22/h2-3,6-9,23,28H,4-5H2,1H3,(H,24,29). The summed E-state index contributed by atoms with van der Waals surface area (Å²) in [7, 11) is 1.65. The fourth-order valence-electron chi connectivity index (χ4n) is 3.48. The number of H-pyrrole nitrogens is 1. The number of aryl methyl sites for hydroxylation is 2. The van der Waals surface area contributed by atoms with Crippen molar-refractivity contribution in [2.75, 3.05) is 5.32 Å². The average Bonchev–Trinajstić information content (AvgIpc) is 3.05. The van der Waals surface area contributed by atoms with Crippen molar-refractivity contribution >= 4 is 33.4 Å². The summed E-state index contributed by atoms with van der Waals surface area (Å²) in [5.41, 5.74) is -0.551. The maximum atomic E-state index is 13.7. The zero-order chi connectivity index (χ0) is 21.6. The number of pyridine rings is 1. The summed E-state index contributed by atoms with van der Waals surface area (Å²) < 4.78 is 29.5. The number of halogens is 2. The maximum absolute atomic E-state index is 13.7. The van der Waals surface area contributed by atoms with Crippen LogP contribution in [0.25, 0.3) is 21.8 Å². The first-order chi connectivity index (χ1) is 14.3. The van der Waals surface area contributed by atoms with Crippen molar-refractivity contribution in [2.24, 2.45) is 7.05 Å². The van der Waals surface area contributed by atoms with Gasteiger partial charge in [-0.25, -0.2) is 8.78 Å². The maximum Gasteiger partial charge on any atom is 0.262 e. The molecule has 3 N–H and O–H groups in total. The number of anilines is 1. The molecule has 0 saturated carbocycles. The van der Waals surface area contributed by atoms with Gasteiger partial charge in [0.2, 0.25) is 5.91 Å². The van der Waals surface area contributed by atoms with E-state index >= 15 is 0 Å². The Hall–Kier alpha value is -3.95. The molecule has 0 aliphatic heterocycles. The molecule has 0 fully saturated rings. The van der Waals surface area contributed by atoms with Crippen LogP contribution in [0.3, 0.4) is 0 Å². The molecule has 0 unspecified atom stereocenters. The summed E-state index contributed by atoms with van der Waals surface area (Å²) in [5, 5.41) is 16.1. The first-order valence-corrected chi connectivity index (χ1v) is 8.95. The normalized spacial score (nSPS) is 11.3. The minimum absolute atomic E-state index is 0.127. The summed E-state index contributed by atoms with van der Waals surface area (Å²) in [4.78, 5) is 37.1. The van der Waals surface area contributed by atoms with Crippen LogP contribution in [-0.4, -0.2) is 25.4 Å². The minimum atomic E-state index is -0.923. The number of aromatic hydroxyl groups is 1. The van der Waals surface area contributed by atoms with Crippen molar-refractivity contribution in [2.45, 2.75) is 13.0 Å². The molecule has 0 spiro atoms. The third-order valence-electron chi connectivity index (χ3n) is 4.83. The number of carbonyl (C=O) groups excluding carboxylic acids is 1. The van der Waals surface area contributed by atoms with Gasteiger partial charge in [0.05, 0.1) is 27.5 Å². The van der Waals surface area contributed by atoms with Crippen molar-refractivity contribution in [3.63, 3.8) is 0 Å². The van der Waals surface area contributed by atoms with Gasteiger partial charge in [0.25, 0.3) is 5.56 Å². The number of fused-ring (bicyclic) bond motifs is 3. The topological polar surface area (TPSA) is 109 Å². The number of hydrogen-bond acceptors (Lipinski definition) is 4. The summed E-state index contributed by atoms with van der Waals surface area (Å²) in [6.07, 6.45) is 1.24. The number of phenolic OH excluding ortho intramolecular Hbond substituents is 1. The van der Waals surface area contributed by atoms with E-state index < -0.39 is 28.5 Å². The number of rotatable bonds is 4. The number of benzene rings is 2. The van der Waals surface area contributed by atoms with Gasteiger partial charge in [-0.05, 0) is 12.1 Å². The molecule has 0 atom stereocenters. The Balaban J connectivity index is 1.73. The van der Waals surface area contributed by atoms with Crippen LogP contribution in [0.2, 0.25) is 0 Å². The fraction of sp³-hybridized carbons (Fsp3) is 0.150. The Morgan fingerprint density at radius 1 is 1.20 bits per heavy atom. The number of carbonyl (C=O) groups is 1. The van der Waals surface area contributed by atoms with Crippen LogP contribution < -0.4 is 16.3 Å². The monoisotopic (exact) mass is 414 g/mol. The number of amides is 1. The van der Waals surface area contributed by atoms with Crippen molar-refractivity contribution in [3.8, 4) is 5.75 Å². The lowest BCUT2D eigenvalue weighted by Crippen LogP contribution is -2.24. The minimum Gasteiger partial charge on any atom is -0.507 e. The molecule has 0 saturated heterocycles. The summed E-state index contributed by atoms with van der Waals surface area (Å²) in [6, 6.07) is 5.01. The lowest BCUT2D eigenvalue weighted by molar-refractivity contribution is -0.116. The largest absolute Gasteiger partial charge is 0.507 e. The van der Waals surface area contributed by atoms with Crippen LogP contribution in [0.1, 0.15) is 6.42 Å². The van der Waals surface area contributed by atoms with Crippen LogP contribution in [0.5, 0.6) is 5.75 Å². The molecule has 0 aliphatic rings. The van der Waals surface area contributed by atoms with Gasteiger partial charge in [0, 0.05) is 44.4 Å². The van der Waals surface area contributed by atoms with E-state index in [0.29, 0.717) is 11.6 Å². The Labute approximate surface area is 167 Å². The van der Waals surface area contributed by atoms with Gasteiger partial charge in [-0.1, -0.05) is 0 Å². The molecular weight excluding hydrogens is 398 g/mol. The highest BCUT2D eigenvalue weighted by atomic mass is 19.1. The van der Waals surface area contributed by atoms with Crippen molar-refractivity contribution in [1.82, 2.24) is 14.3 Å². The van der Waals surface area contributed by atoms with Crippen LogP contribution >= 0.6 is 0 Å². The van der Waals surface area contributed by atoms with Crippen molar-refractivity contribution < 1.29 is 18.7 Å². The SMILES string of the molecule is Cn1[nH]cc2c(=O)n(CCC(=O)Nc3ccc(F)cc3F)c3cc(=O)cc(O)c3c21. The highest BCUT2D eigenvalue weighted by molar-refractivity contribution is 6.06. The van der Waals surface area contributed by atoms with E-state index in [-0.39, 0.29) is 40.7 Å². The Morgan fingerprint density at radius 3 is 2.70 bits per heavy atom. The molecule has 0 aliphatic carbocycles. The van der Waals surface area contributed by atoms with Crippen LogP contribution in [0.4, 0.5) is 14.5 Å². The fourth-order valence-corrected chi connectivity index (χ4v) is 3.48. The van der Waals surface area contributed by atoms with E-state index in [1.54, 1.807) is 7.05 Å². The van der Waals surface area contributed by atoms with E-state index in [9.17, 15) is 28.3 Å². The summed E-state index contributed by atoms with van der Waals surface area (Å²) in [5.74, 6) is -2.59. The molecule has 10 heteroatoms. The lowest BCUT2D eigenvalue weighted by Gasteiger charge is -2.13. The van der Waals surface area contributed by atoms with Crippen LogP contribution in [0.15, 0.2) is 46.1 Å². The third-order valence-corrected chi connectivity index (χ3v) is 4.83. The number of aromatic amines is 1. The van der Waals surface area contributed by atoms with Gasteiger partial charge in [-0.3, -0.25) is 19.1 Å².